The van der Waals surface area contributed by atoms with Crippen molar-refractivity contribution >= 4 is 22.8 Å². The largest absolute Gasteiger partial charge is 0.385 e. The summed E-state index contributed by atoms with van der Waals surface area (Å²) in [6.45, 7) is 10.8. The lowest BCUT2D eigenvalue weighted by Crippen LogP contribution is -2.22. The Morgan fingerprint density at radius 1 is 1.30 bits per heavy atom. The highest BCUT2D eigenvalue weighted by atomic mass is 32.2. The van der Waals surface area contributed by atoms with E-state index in [1.165, 1.54) is 16.2 Å². The molecule has 0 saturated heterocycles. The van der Waals surface area contributed by atoms with Crippen LogP contribution >= 0.6 is 11.8 Å². The molecule has 0 aliphatic carbocycles. The van der Waals surface area contributed by atoms with Gasteiger partial charge in [0.15, 0.2) is 0 Å². The predicted octanol–water partition coefficient (Wildman–Crippen LogP) is 5.12. The quantitative estimate of drug-likeness (QED) is 0.658. The van der Waals surface area contributed by atoms with Crippen LogP contribution in [0.2, 0.25) is 0 Å². The maximum absolute atomic E-state index is 5.28. The Labute approximate surface area is 144 Å². The molecular weight excluding hydrogens is 304 g/mol. The molecule has 1 aromatic carbocycles. The zero-order valence-electron chi connectivity index (χ0n) is 15.3. The van der Waals surface area contributed by atoms with Gasteiger partial charge in [-0.2, -0.15) is 0 Å². The molecule has 0 fully saturated rings. The Morgan fingerprint density at radius 2 is 2.04 bits per heavy atom. The van der Waals surface area contributed by atoms with Gasteiger partial charge in [0, 0.05) is 30.6 Å². The van der Waals surface area contributed by atoms with Crippen molar-refractivity contribution in [2.45, 2.75) is 57.4 Å². The maximum Gasteiger partial charge on any atom is 0.115 e. The Hall–Kier alpha value is -1.00. The number of thioether (sulfide) groups is 1. The molecule has 0 amide bonds. The van der Waals surface area contributed by atoms with E-state index in [1.54, 1.807) is 18.9 Å². The third-order valence-electron chi connectivity index (χ3n) is 4.37. The molecule has 0 aliphatic rings. The van der Waals surface area contributed by atoms with Crippen LogP contribution in [0.15, 0.2) is 23.1 Å². The minimum Gasteiger partial charge on any atom is -0.385 e. The van der Waals surface area contributed by atoms with E-state index in [-0.39, 0.29) is 5.41 Å². The van der Waals surface area contributed by atoms with Crippen LogP contribution in [-0.2, 0) is 16.7 Å². The number of hydrogen-bond acceptors (Lipinski definition) is 3. The van der Waals surface area contributed by atoms with E-state index in [0.717, 1.165) is 31.5 Å². The van der Waals surface area contributed by atoms with E-state index >= 15 is 0 Å². The van der Waals surface area contributed by atoms with Crippen LogP contribution in [0.1, 0.15) is 46.4 Å². The fourth-order valence-electron chi connectivity index (χ4n) is 2.96. The number of aromatic nitrogens is 2. The van der Waals surface area contributed by atoms with Crippen molar-refractivity contribution in [1.29, 1.82) is 0 Å². The molecule has 2 aromatic rings. The van der Waals surface area contributed by atoms with Crippen LogP contribution in [0.3, 0.4) is 0 Å². The number of imidazole rings is 1. The molecule has 0 bridgehead atoms. The lowest BCUT2D eigenvalue weighted by molar-refractivity contribution is 0.171. The third-order valence-corrected chi connectivity index (χ3v) is 5.10. The normalized spacial score (nSPS) is 13.7. The number of ether oxygens (including phenoxy) is 1. The third kappa shape index (κ3) is 4.30. The van der Waals surface area contributed by atoms with Crippen LogP contribution in [-0.4, -0.2) is 29.5 Å². The summed E-state index contributed by atoms with van der Waals surface area (Å²) in [7, 11) is 1.78. The minimum atomic E-state index is 0.0398. The average molecular weight is 335 g/mol. The number of nitrogens with zero attached hydrogens (tertiary/aromatic N) is 2. The molecule has 3 nitrogen and oxygen atoms in total. The fraction of sp³-hybridized carbons (Fsp3) is 0.632. The molecule has 1 unspecified atom stereocenters. The highest BCUT2D eigenvalue weighted by Crippen LogP contribution is 2.30. The summed E-state index contributed by atoms with van der Waals surface area (Å²) >= 11 is 1.77. The van der Waals surface area contributed by atoms with Crippen LogP contribution in [0, 0.1) is 5.92 Å². The Kier molecular flexibility index (Phi) is 6.15. The summed E-state index contributed by atoms with van der Waals surface area (Å²) in [6.07, 6.45) is 4.37. The van der Waals surface area contributed by atoms with Crippen molar-refractivity contribution in [2.24, 2.45) is 5.92 Å². The molecule has 0 N–H and O–H groups in total. The van der Waals surface area contributed by atoms with E-state index in [2.05, 4.69) is 56.7 Å². The molecule has 23 heavy (non-hydrogen) atoms. The predicted molar refractivity (Wildman–Crippen MR) is 100 cm³/mol. The van der Waals surface area contributed by atoms with Crippen molar-refractivity contribution in [3.8, 4) is 0 Å². The molecule has 4 heteroatoms. The van der Waals surface area contributed by atoms with Gasteiger partial charge in [0.1, 0.15) is 5.82 Å². The summed E-state index contributed by atoms with van der Waals surface area (Å²) in [5.41, 5.74) is 2.41. The summed E-state index contributed by atoms with van der Waals surface area (Å²) < 4.78 is 7.71. The van der Waals surface area contributed by atoms with Gasteiger partial charge in [-0.05, 0) is 36.8 Å². The first-order valence-electron chi connectivity index (χ1n) is 8.44. The second kappa shape index (κ2) is 7.71. The van der Waals surface area contributed by atoms with E-state index in [4.69, 9.17) is 9.72 Å². The highest BCUT2D eigenvalue weighted by Gasteiger charge is 2.24. The number of methoxy groups -OCH3 is 1. The Bertz CT molecular complexity index is 643. The molecular formula is C19H30N2OS. The molecule has 2 rings (SSSR count). The second-order valence-electron chi connectivity index (χ2n) is 7.21. The minimum absolute atomic E-state index is 0.0398. The van der Waals surface area contributed by atoms with Gasteiger partial charge in [-0.1, -0.05) is 34.1 Å². The highest BCUT2D eigenvalue weighted by molar-refractivity contribution is 7.98. The van der Waals surface area contributed by atoms with Crippen LogP contribution in [0.4, 0.5) is 0 Å². The van der Waals surface area contributed by atoms with Crippen LogP contribution < -0.4 is 0 Å². The standard InChI is InChI=1S/C19H30N2OS/c1-7-14(10-11-22-5)13-21-17-9-8-15(23-6)12-16(17)20-18(21)19(2,3)4/h8-9,12,14H,7,10-11,13H2,1-6H3. The second-order valence-corrected chi connectivity index (χ2v) is 8.09. The lowest BCUT2D eigenvalue weighted by atomic mass is 9.95. The Balaban J connectivity index is 2.46. The molecule has 128 valence electrons. The molecule has 0 spiro atoms. The maximum atomic E-state index is 5.28. The van der Waals surface area contributed by atoms with Gasteiger partial charge in [0.25, 0.3) is 0 Å². The number of benzene rings is 1. The van der Waals surface area contributed by atoms with E-state index in [9.17, 15) is 0 Å². The van der Waals surface area contributed by atoms with Crippen molar-refractivity contribution in [3.63, 3.8) is 0 Å². The van der Waals surface area contributed by atoms with Crippen LogP contribution in [0.5, 0.6) is 0 Å². The van der Waals surface area contributed by atoms with Gasteiger partial charge in [0.2, 0.25) is 0 Å². The summed E-state index contributed by atoms with van der Waals surface area (Å²) in [5.74, 6) is 1.80. The first kappa shape index (κ1) is 18.3. The lowest BCUT2D eigenvalue weighted by Gasteiger charge is -2.23. The molecule has 1 aromatic heterocycles. The number of rotatable bonds is 7. The average Bonchev–Trinajstić information content (AvgIpc) is 2.89. The van der Waals surface area contributed by atoms with Gasteiger partial charge >= 0.3 is 0 Å². The molecule has 0 saturated carbocycles. The molecule has 1 heterocycles. The summed E-state index contributed by atoms with van der Waals surface area (Å²) in [6, 6.07) is 6.64. The molecule has 1 atom stereocenters. The molecule has 0 aliphatic heterocycles. The Morgan fingerprint density at radius 3 is 2.61 bits per heavy atom. The molecule has 0 radical (unpaired) electrons. The first-order valence-corrected chi connectivity index (χ1v) is 9.66. The van der Waals surface area contributed by atoms with Gasteiger partial charge in [-0.3, -0.25) is 0 Å². The van der Waals surface area contributed by atoms with E-state index in [1.807, 2.05) is 0 Å². The van der Waals surface area contributed by atoms with Crippen molar-refractivity contribution < 1.29 is 4.74 Å². The van der Waals surface area contributed by atoms with Gasteiger partial charge in [-0.25, -0.2) is 4.98 Å². The van der Waals surface area contributed by atoms with E-state index in [0.29, 0.717) is 5.92 Å². The zero-order chi connectivity index (χ0) is 17.0. The summed E-state index contributed by atoms with van der Waals surface area (Å²) in [4.78, 5) is 6.25. The van der Waals surface area contributed by atoms with Gasteiger partial charge in [-0.15, -0.1) is 11.8 Å². The van der Waals surface area contributed by atoms with Gasteiger partial charge < -0.3 is 9.30 Å². The SMILES string of the molecule is CCC(CCOC)Cn1c(C(C)(C)C)nc2cc(SC)ccc21. The van der Waals surface area contributed by atoms with Crippen molar-refractivity contribution in [2.75, 3.05) is 20.0 Å². The topological polar surface area (TPSA) is 27.1 Å². The van der Waals surface area contributed by atoms with Crippen molar-refractivity contribution in [3.05, 3.63) is 24.0 Å². The zero-order valence-corrected chi connectivity index (χ0v) is 16.2. The first-order chi connectivity index (χ1) is 10.9. The van der Waals surface area contributed by atoms with Crippen molar-refractivity contribution in [1.82, 2.24) is 9.55 Å². The van der Waals surface area contributed by atoms with Gasteiger partial charge in [0.05, 0.1) is 11.0 Å². The summed E-state index contributed by atoms with van der Waals surface area (Å²) in [5, 5.41) is 0. The number of fused-ring (bicyclic) bond motifs is 1. The monoisotopic (exact) mass is 334 g/mol. The number of hydrogen-bond donors (Lipinski definition) is 0. The smallest absolute Gasteiger partial charge is 0.115 e. The van der Waals surface area contributed by atoms with E-state index < -0.39 is 0 Å². The fourth-order valence-corrected chi connectivity index (χ4v) is 3.39. The van der Waals surface area contributed by atoms with Crippen LogP contribution in [0.25, 0.3) is 11.0 Å².